The highest BCUT2D eigenvalue weighted by Gasteiger charge is 2.46. The van der Waals surface area contributed by atoms with Gasteiger partial charge in [-0.3, -0.25) is 4.79 Å². The Kier molecular flexibility index (Phi) is 4.55. The summed E-state index contributed by atoms with van der Waals surface area (Å²) in [7, 11) is 0. The van der Waals surface area contributed by atoms with Gasteiger partial charge in [-0.1, -0.05) is 19.8 Å². The Morgan fingerprint density at radius 1 is 1.14 bits per heavy atom. The quantitative estimate of drug-likeness (QED) is 0.861. The summed E-state index contributed by atoms with van der Waals surface area (Å²) in [4.78, 5) is 16.2. The van der Waals surface area contributed by atoms with E-state index in [9.17, 15) is 4.79 Å². The predicted molar refractivity (Wildman–Crippen MR) is 84.9 cm³/mol. The van der Waals surface area contributed by atoms with E-state index in [0.29, 0.717) is 5.41 Å². The van der Waals surface area contributed by atoms with E-state index in [1.54, 1.807) is 0 Å². The minimum Gasteiger partial charge on any atom is -0.340 e. The second-order valence-corrected chi connectivity index (χ2v) is 7.88. The maximum atomic E-state index is 11.6. The molecule has 2 N–H and O–H groups in total. The van der Waals surface area contributed by atoms with Crippen molar-refractivity contribution in [3.63, 3.8) is 0 Å². The lowest BCUT2D eigenvalue weighted by molar-refractivity contribution is -0.145. The van der Waals surface area contributed by atoms with Crippen LogP contribution in [-0.2, 0) is 4.79 Å². The Morgan fingerprint density at radius 2 is 1.76 bits per heavy atom. The molecule has 3 rings (SSSR count). The molecule has 21 heavy (non-hydrogen) atoms. The van der Waals surface area contributed by atoms with E-state index < -0.39 is 0 Å². The molecule has 0 atom stereocenters. The molecule has 1 saturated carbocycles. The van der Waals surface area contributed by atoms with E-state index >= 15 is 0 Å². The lowest BCUT2D eigenvalue weighted by Gasteiger charge is -2.54. The van der Waals surface area contributed by atoms with Gasteiger partial charge in [-0.05, 0) is 50.6 Å². The molecule has 1 amide bonds. The number of amides is 1. The van der Waals surface area contributed by atoms with Crippen LogP contribution in [0.4, 0.5) is 0 Å². The fraction of sp³-hybridized carbons (Fsp3) is 0.941. The third-order valence-corrected chi connectivity index (χ3v) is 6.15. The van der Waals surface area contributed by atoms with Gasteiger partial charge in [0.1, 0.15) is 0 Å². The van der Waals surface area contributed by atoms with E-state index in [-0.39, 0.29) is 12.5 Å². The lowest BCUT2D eigenvalue weighted by atomic mass is 9.71. The molecule has 2 aliphatic heterocycles. The van der Waals surface area contributed by atoms with Crippen LogP contribution in [-0.4, -0.2) is 55.0 Å². The standard InChI is InChI=1S/C17H31N3O/c1-14-2-4-15(5-3-14)11-19-8-6-17(7-9-19)12-20(13-17)16(21)10-18/h14-15H,2-13,18H2,1H3. The molecule has 4 nitrogen and oxygen atoms in total. The summed E-state index contributed by atoms with van der Waals surface area (Å²) in [5.74, 6) is 2.01. The largest absolute Gasteiger partial charge is 0.340 e. The average molecular weight is 293 g/mol. The highest BCUT2D eigenvalue weighted by molar-refractivity contribution is 5.79. The second kappa shape index (κ2) is 6.25. The molecule has 2 saturated heterocycles. The van der Waals surface area contributed by atoms with E-state index in [0.717, 1.165) is 24.9 Å². The Balaban J connectivity index is 1.39. The van der Waals surface area contributed by atoms with Crippen LogP contribution in [0.5, 0.6) is 0 Å². The van der Waals surface area contributed by atoms with Crippen LogP contribution in [0.2, 0.25) is 0 Å². The normalized spacial score (nSPS) is 33.0. The molecule has 0 radical (unpaired) electrons. The van der Waals surface area contributed by atoms with E-state index in [4.69, 9.17) is 5.73 Å². The van der Waals surface area contributed by atoms with Crippen molar-refractivity contribution in [1.82, 2.24) is 9.80 Å². The summed E-state index contributed by atoms with van der Waals surface area (Å²) in [5, 5.41) is 0. The van der Waals surface area contributed by atoms with Gasteiger partial charge < -0.3 is 15.5 Å². The molecule has 0 unspecified atom stereocenters. The summed E-state index contributed by atoms with van der Waals surface area (Å²) < 4.78 is 0. The zero-order chi connectivity index (χ0) is 14.9. The van der Waals surface area contributed by atoms with Crippen molar-refractivity contribution in [3.8, 4) is 0 Å². The Bertz CT molecular complexity index is 360. The Labute approximate surface area is 129 Å². The third kappa shape index (κ3) is 3.42. The lowest BCUT2D eigenvalue weighted by Crippen LogP contribution is -2.62. The fourth-order valence-corrected chi connectivity index (χ4v) is 4.47. The maximum absolute atomic E-state index is 11.6. The summed E-state index contributed by atoms with van der Waals surface area (Å²) in [5.41, 5.74) is 5.87. The SMILES string of the molecule is CC1CCC(CN2CCC3(CC2)CN(C(=O)CN)C3)CC1. The van der Waals surface area contributed by atoms with E-state index in [2.05, 4.69) is 11.8 Å². The first kappa shape index (κ1) is 15.3. The van der Waals surface area contributed by atoms with Crippen molar-refractivity contribution in [1.29, 1.82) is 0 Å². The second-order valence-electron chi connectivity index (χ2n) is 7.88. The highest BCUT2D eigenvalue weighted by Crippen LogP contribution is 2.41. The number of hydrogen-bond donors (Lipinski definition) is 1. The van der Waals surface area contributed by atoms with Gasteiger partial charge in [0.2, 0.25) is 5.91 Å². The van der Waals surface area contributed by atoms with E-state index in [1.165, 1.54) is 58.2 Å². The molecular formula is C17H31N3O. The number of rotatable bonds is 3. The van der Waals surface area contributed by atoms with Crippen molar-refractivity contribution in [2.75, 3.05) is 39.3 Å². The topological polar surface area (TPSA) is 49.6 Å². The number of piperidine rings is 1. The summed E-state index contributed by atoms with van der Waals surface area (Å²) in [6.07, 6.45) is 8.26. The van der Waals surface area contributed by atoms with Crippen LogP contribution in [0.15, 0.2) is 0 Å². The molecule has 3 aliphatic rings. The molecule has 1 aliphatic carbocycles. The number of carbonyl (C=O) groups excluding carboxylic acids is 1. The molecule has 3 fully saturated rings. The molecule has 0 aromatic rings. The van der Waals surface area contributed by atoms with Gasteiger partial charge >= 0.3 is 0 Å². The molecule has 4 heteroatoms. The van der Waals surface area contributed by atoms with Crippen LogP contribution in [0.1, 0.15) is 45.4 Å². The van der Waals surface area contributed by atoms with Gasteiger partial charge in [0.05, 0.1) is 6.54 Å². The number of nitrogens with two attached hydrogens (primary N) is 1. The molecule has 0 bridgehead atoms. The first-order valence-electron chi connectivity index (χ1n) is 8.80. The fourth-order valence-electron chi connectivity index (χ4n) is 4.47. The van der Waals surface area contributed by atoms with Crippen molar-refractivity contribution in [2.24, 2.45) is 23.0 Å². The van der Waals surface area contributed by atoms with Gasteiger partial charge in [-0.2, -0.15) is 0 Å². The number of likely N-dealkylation sites (tertiary alicyclic amines) is 2. The number of hydrogen-bond acceptors (Lipinski definition) is 3. The van der Waals surface area contributed by atoms with Gasteiger partial charge in [-0.25, -0.2) is 0 Å². The van der Waals surface area contributed by atoms with Gasteiger partial charge in [0.15, 0.2) is 0 Å². The maximum Gasteiger partial charge on any atom is 0.236 e. The van der Waals surface area contributed by atoms with E-state index in [1.807, 2.05) is 4.90 Å². The summed E-state index contributed by atoms with van der Waals surface area (Å²) in [6, 6.07) is 0. The van der Waals surface area contributed by atoms with Crippen LogP contribution >= 0.6 is 0 Å². The average Bonchev–Trinajstić information content (AvgIpc) is 2.47. The van der Waals surface area contributed by atoms with Gasteiger partial charge in [0.25, 0.3) is 0 Å². The Morgan fingerprint density at radius 3 is 2.33 bits per heavy atom. The molecular weight excluding hydrogens is 262 g/mol. The number of carbonyl (C=O) groups is 1. The summed E-state index contributed by atoms with van der Waals surface area (Å²) in [6.45, 7) is 8.26. The highest BCUT2D eigenvalue weighted by atomic mass is 16.2. The first-order chi connectivity index (χ1) is 10.1. The van der Waals surface area contributed by atoms with Gasteiger partial charge in [0, 0.05) is 25.0 Å². The van der Waals surface area contributed by atoms with Crippen LogP contribution in [0.3, 0.4) is 0 Å². The monoisotopic (exact) mass is 293 g/mol. The first-order valence-corrected chi connectivity index (χ1v) is 8.80. The van der Waals surface area contributed by atoms with Crippen molar-refractivity contribution in [3.05, 3.63) is 0 Å². The van der Waals surface area contributed by atoms with Gasteiger partial charge in [-0.15, -0.1) is 0 Å². The smallest absolute Gasteiger partial charge is 0.236 e. The molecule has 0 aromatic heterocycles. The minimum atomic E-state index is 0.124. The Hall–Kier alpha value is -0.610. The molecule has 0 aromatic carbocycles. The molecule has 2 heterocycles. The summed E-state index contributed by atoms with van der Waals surface area (Å²) >= 11 is 0. The third-order valence-electron chi connectivity index (χ3n) is 6.15. The van der Waals surface area contributed by atoms with Crippen LogP contribution in [0, 0.1) is 17.3 Å². The van der Waals surface area contributed by atoms with Crippen LogP contribution < -0.4 is 5.73 Å². The zero-order valence-corrected chi connectivity index (χ0v) is 13.5. The number of nitrogens with zero attached hydrogens (tertiary/aromatic N) is 2. The van der Waals surface area contributed by atoms with Crippen molar-refractivity contribution in [2.45, 2.75) is 45.4 Å². The van der Waals surface area contributed by atoms with Crippen LogP contribution in [0.25, 0.3) is 0 Å². The van der Waals surface area contributed by atoms with Crippen molar-refractivity contribution >= 4 is 5.91 Å². The minimum absolute atomic E-state index is 0.124. The zero-order valence-electron chi connectivity index (χ0n) is 13.5. The predicted octanol–water partition coefficient (Wildman–Crippen LogP) is 1.70. The molecule has 1 spiro atoms. The van der Waals surface area contributed by atoms with Crippen molar-refractivity contribution < 1.29 is 4.79 Å². The molecule has 120 valence electrons.